The van der Waals surface area contributed by atoms with E-state index < -0.39 is 24.1 Å². The molecule has 1 aliphatic carbocycles. The average Bonchev–Trinajstić information content (AvgIpc) is 3.16. The third kappa shape index (κ3) is 5.50. The summed E-state index contributed by atoms with van der Waals surface area (Å²) in [5.74, 6) is -0.983. The molecule has 2 aromatic carbocycles. The second kappa shape index (κ2) is 10.9. The highest BCUT2D eigenvalue weighted by Gasteiger charge is 2.35. The van der Waals surface area contributed by atoms with Crippen molar-refractivity contribution in [2.24, 2.45) is 5.92 Å². The van der Waals surface area contributed by atoms with Crippen LogP contribution in [-0.2, 0) is 14.3 Å². The smallest absolute Gasteiger partial charge is 0.407 e. The van der Waals surface area contributed by atoms with Crippen LogP contribution in [0, 0.1) is 5.92 Å². The number of nitrogens with one attached hydrogen (secondary N) is 1. The molecule has 1 fully saturated rings. The lowest BCUT2D eigenvalue weighted by Gasteiger charge is -2.37. The first kappa shape index (κ1) is 24.8. The van der Waals surface area contributed by atoms with Gasteiger partial charge in [-0.3, -0.25) is 4.79 Å². The zero-order valence-corrected chi connectivity index (χ0v) is 20.4. The molecule has 0 spiro atoms. The van der Waals surface area contributed by atoms with Crippen LogP contribution < -0.4 is 5.32 Å². The molecule has 0 saturated carbocycles. The van der Waals surface area contributed by atoms with E-state index in [4.69, 9.17) is 4.74 Å². The third-order valence-electron chi connectivity index (χ3n) is 7.15. The Morgan fingerprint density at radius 2 is 1.69 bits per heavy atom. The van der Waals surface area contributed by atoms with E-state index in [2.05, 4.69) is 29.6 Å². The number of piperidine rings is 1. The van der Waals surface area contributed by atoms with Gasteiger partial charge in [0.05, 0.1) is 0 Å². The SMILES string of the molecule is CCC[C@H](CC(=O)N1CC(C)CCC1C(=O)O)NC(=O)OCC1c2ccccc2-c2ccccc21. The number of alkyl carbamates (subject to hydrolysis) is 1. The average molecular weight is 479 g/mol. The minimum absolute atomic E-state index is 0.0365. The molecule has 0 bridgehead atoms. The highest BCUT2D eigenvalue weighted by molar-refractivity contribution is 5.84. The number of nitrogens with zero attached hydrogens (tertiary/aromatic N) is 1. The van der Waals surface area contributed by atoms with Gasteiger partial charge in [-0.15, -0.1) is 0 Å². The molecule has 7 heteroatoms. The Labute approximate surface area is 206 Å². The lowest BCUT2D eigenvalue weighted by atomic mass is 9.93. The number of carbonyl (C=O) groups is 3. The number of ether oxygens (including phenoxy) is 1. The largest absolute Gasteiger partial charge is 0.480 e. The van der Waals surface area contributed by atoms with E-state index in [1.54, 1.807) is 0 Å². The zero-order valence-electron chi connectivity index (χ0n) is 20.4. The molecule has 4 rings (SSSR count). The van der Waals surface area contributed by atoms with E-state index in [9.17, 15) is 19.5 Å². The summed E-state index contributed by atoms with van der Waals surface area (Å²) in [6.45, 7) is 4.65. The van der Waals surface area contributed by atoms with Crippen LogP contribution in [0.4, 0.5) is 4.79 Å². The molecule has 7 nitrogen and oxygen atoms in total. The van der Waals surface area contributed by atoms with Gasteiger partial charge in [-0.05, 0) is 47.4 Å². The standard InChI is InChI=1S/C28H34N2O5/c1-3-8-19(15-26(31)30-16-18(2)13-14-25(30)27(32)33)29-28(34)35-17-24-22-11-6-4-9-20(22)21-10-5-7-12-23(21)24/h4-7,9-12,18-19,24-25H,3,8,13-17H2,1-2H3,(H,29,34)(H,32,33)/t18?,19-,25?/m1/s1. The van der Waals surface area contributed by atoms with Crippen molar-refractivity contribution in [3.63, 3.8) is 0 Å². The van der Waals surface area contributed by atoms with Crippen molar-refractivity contribution in [2.45, 2.75) is 64.0 Å². The van der Waals surface area contributed by atoms with Crippen LogP contribution in [0.1, 0.15) is 63.0 Å². The lowest BCUT2D eigenvalue weighted by molar-refractivity contribution is -0.153. The number of aliphatic carboxylic acids is 1. The van der Waals surface area contributed by atoms with E-state index in [1.807, 2.05) is 38.1 Å². The molecular weight excluding hydrogens is 444 g/mol. The first-order chi connectivity index (χ1) is 16.9. The second-order valence-electron chi connectivity index (χ2n) is 9.74. The van der Waals surface area contributed by atoms with Crippen molar-refractivity contribution in [1.82, 2.24) is 10.2 Å². The first-order valence-corrected chi connectivity index (χ1v) is 12.5. The van der Waals surface area contributed by atoms with Crippen LogP contribution in [0.25, 0.3) is 11.1 Å². The Bertz CT molecular complexity index is 1040. The van der Waals surface area contributed by atoms with Gasteiger partial charge in [-0.2, -0.15) is 0 Å². The number of rotatable bonds is 8. The summed E-state index contributed by atoms with van der Waals surface area (Å²) in [5, 5.41) is 12.4. The molecular formula is C28H34N2O5. The Morgan fingerprint density at radius 3 is 2.29 bits per heavy atom. The Balaban J connectivity index is 1.38. The van der Waals surface area contributed by atoms with Crippen LogP contribution in [0.5, 0.6) is 0 Å². The molecule has 2 amide bonds. The maximum Gasteiger partial charge on any atom is 0.407 e. The molecule has 2 aromatic rings. The molecule has 186 valence electrons. The van der Waals surface area contributed by atoms with E-state index in [0.717, 1.165) is 35.1 Å². The van der Waals surface area contributed by atoms with Gasteiger partial charge in [0.25, 0.3) is 0 Å². The van der Waals surface area contributed by atoms with Crippen molar-refractivity contribution < 1.29 is 24.2 Å². The number of amides is 2. The lowest BCUT2D eigenvalue weighted by Crippen LogP contribution is -2.51. The first-order valence-electron chi connectivity index (χ1n) is 12.5. The number of carboxylic acids is 1. The number of likely N-dealkylation sites (tertiary alicyclic amines) is 1. The number of hydrogen-bond donors (Lipinski definition) is 2. The molecule has 0 aromatic heterocycles. The Hall–Kier alpha value is -3.35. The summed E-state index contributed by atoms with van der Waals surface area (Å²) in [4.78, 5) is 38.9. The van der Waals surface area contributed by atoms with E-state index in [0.29, 0.717) is 19.4 Å². The highest BCUT2D eigenvalue weighted by atomic mass is 16.5. The maximum atomic E-state index is 13.0. The summed E-state index contributed by atoms with van der Waals surface area (Å²) in [6, 6.07) is 15.1. The molecule has 2 N–H and O–H groups in total. The number of fused-ring (bicyclic) bond motifs is 3. The molecule has 1 aliphatic heterocycles. The van der Waals surface area contributed by atoms with Gasteiger partial charge in [-0.25, -0.2) is 9.59 Å². The summed E-state index contributed by atoms with van der Waals surface area (Å²) < 4.78 is 5.65. The third-order valence-corrected chi connectivity index (χ3v) is 7.15. The molecule has 2 aliphatic rings. The van der Waals surface area contributed by atoms with Crippen molar-refractivity contribution in [3.05, 3.63) is 59.7 Å². The molecule has 35 heavy (non-hydrogen) atoms. The van der Waals surface area contributed by atoms with Crippen LogP contribution in [0.2, 0.25) is 0 Å². The topological polar surface area (TPSA) is 95.9 Å². The summed E-state index contributed by atoms with van der Waals surface area (Å²) in [5.41, 5.74) is 4.60. The van der Waals surface area contributed by atoms with Gasteiger partial charge in [0.2, 0.25) is 5.91 Å². The number of benzene rings is 2. The van der Waals surface area contributed by atoms with Gasteiger partial charge in [0.1, 0.15) is 12.6 Å². The van der Waals surface area contributed by atoms with Crippen LogP contribution in [0.3, 0.4) is 0 Å². The van der Waals surface area contributed by atoms with Crippen molar-refractivity contribution >= 4 is 18.0 Å². The number of hydrogen-bond acceptors (Lipinski definition) is 4. The molecule has 1 saturated heterocycles. The van der Waals surface area contributed by atoms with Crippen molar-refractivity contribution in [1.29, 1.82) is 0 Å². The van der Waals surface area contributed by atoms with Crippen LogP contribution >= 0.6 is 0 Å². The quantitative estimate of drug-likeness (QED) is 0.568. The van der Waals surface area contributed by atoms with Crippen LogP contribution in [-0.4, -0.2) is 53.2 Å². The van der Waals surface area contributed by atoms with E-state index in [-0.39, 0.29) is 30.8 Å². The summed E-state index contributed by atoms with van der Waals surface area (Å²) >= 11 is 0. The fraction of sp³-hybridized carbons (Fsp3) is 0.464. The number of carbonyl (C=O) groups excluding carboxylic acids is 2. The van der Waals surface area contributed by atoms with Crippen molar-refractivity contribution in [3.8, 4) is 11.1 Å². The maximum absolute atomic E-state index is 13.0. The minimum Gasteiger partial charge on any atom is -0.480 e. The van der Waals surface area contributed by atoms with Gasteiger partial charge in [0.15, 0.2) is 0 Å². The summed E-state index contributed by atoms with van der Waals surface area (Å²) in [7, 11) is 0. The molecule has 1 heterocycles. The van der Waals surface area contributed by atoms with E-state index in [1.165, 1.54) is 4.90 Å². The van der Waals surface area contributed by atoms with E-state index >= 15 is 0 Å². The van der Waals surface area contributed by atoms with Crippen molar-refractivity contribution in [2.75, 3.05) is 13.2 Å². The summed E-state index contributed by atoms with van der Waals surface area (Å²) in [6.07, 6.45) is 2.14. The Morgan fingerprint density at radius 1 is 1.06 bits per heavy atom. The molecule has 0 radical (unpaired) electrons. The van der Waals surface area contributed by atoms with Gasteiger partial charge < -0.3 is 20.1 Å². The number of carboxylic acid groups (broad SMARTS) is 1. The monoisotopic (exact) mass is 478 g/mol. The fourth-order valence-electron chi connectivity index (χ4n) is 5.39. The predicted octanol–water partition coefficient (Wildman–Crippen LogP) is 4.80. The van der Waals surface area contributed by atoms with Crippen LogP contribution in [0.15, 0.2) is 48.5 Å². The van der Waals surface area contributed by atoms with Gasteiger partial charge in [-0.1, -0.05) is 68.8 Å². The predicted molar refractivity (Wildman–Crippen MR) is 133 cm³/mol. The van der Waals surface area contributed by atoms with Gasteiger partial charge >= 0.3 is 12.1 Å². The zero-order chi connectivity index (χ0) is 24.9. The Kier molecular flexibility index (Phi) is 7.73. The fourth-order valence-corrected chi connectivity index (χ4v) is 5.39. The van der Waals surface area contributed by atoms with Gasteiger partial charge in [0, 0.05) is 24.9 Å². The minimum atomic E-state index is -0.971. The highest BCUT2D eigenvalue weighted by Crippen LogP contribution is 2.44. The second-order valence-corrected chi connectivity index (χ2v) is 9.74. The normalized spacial score (nSPS) is 20.0. The molecule has 2 unspecified atom stereocenters. The molecule has 3 atom stereocenters.